The van der Waals surface area contributed by atoms with Crippen LogP contribution in [0, 0.1) is 5.21 Å². The fraction of sp³-hybridized carbons (Fsp3) is 0.143. The van der Waals surface area contributed by atoms with E-state index in [0.717, 1.165) is 23.9 Å². The van der Waals surface area contributed by atoms with Crippen LogP contribution in [0.25, 0.3) is 0 Å². The fourth-order valence-electron chi connectivity index (χ4n) is 1.71. The lowest BCUT2D eigenvalue weighted by Crippen LogP contribution is -2.28. The quantitative estimate of drug-likeness (QED) is 0.512. The number of carbonyl (C=O) groups is 1. The molecule has 0 unspecified atom stereocenters. The summed E-state index contributed by atoms with van der Waals surface area (Å²) < 4.78 is 39.3. The number of rotatable bonds is 4. The Morgan fingerprint density at radius 1 is 1.30 bits per heavy atom. The Kier molecular flexibility index (Phi) is 5.38. The zero-order valence-corrected chi connectivity index (χ0v) is 13.0. The van der Waals surface area contributed by atoms with Gasteiger partial charge in [0.15, 0.2) is 6.20 Å². The van der Waals surface area contributed by atoms with E-state index in [1.54, 1.807) is 6.07 Å². The molecule has 0 saturated carbocycles. The van der Waals surface area contributed by atoms with E-state index in [0.29, 0.717) is 4.73 Å². The van der Waals surface area contributed by atoms with Gasteiger partial charge in [0.2, 0.25) is 5.91 Å². The highest BCUT2D eigenvalue weighted by Gasteiger charge is 2.34. The minimum Gasteiger partial charge on any atom is -0.618 e. The van der Waals surface area contributed by atoms with Gasteiger partial charge < -0.3 is 10.5 Å². The summed E-state index contributed by atoms with van der Waals surface area (Å²) in [6, 6.07) is 7.74. The van der Waals surface area contributed by atoms with Gasteiger partial charge in [-0.3, -0.25) is 4.79 Å². The summed E-state index contributed by atoms with van der Waals surface area (Å²) in [5.41, 5.74) is -1.41. The highest BCUT2D eigenvalue weighted by molar-refractivity contribution is 7.99. The van der Waals surface area contributed by atoms with Crippen LogP contribution >= 0.6 is 23.4 Å². The Hall–Kier alpha value is -1.93. The summed E-state index contributed by atoms with van der Waals surface area (Å²) in [5, 5.41) is 13.8. The van der Waals surface area contributed by atoms with E-state index in [-0.39, 0.29) is 21.5 Å². The number of amides is 1. The van der Waals surface area contributed by atoms with E-state index in [2.05, 4.69) is 5.32 Å². The highest BCUT2D eigenvalue weighted by atomic mass is 35.5. The predicted octanol–water partition coefficient (Wildman–Crippen LogP) is 3.72. The average Bonchev–Trinajstić information content (AvgIpc) is 2.47. The molecule has 0 bridgehead atoms. The maximum absolute atomic E-state index is 12.9. The molecule has 23 heavy (non-hydrogen) atoms. The molecule has 1 aromatic carbocycles. The van der Waals surface area contributed by atoms with Gasteiger partial charge in [-0.1, -0.05) is 11.6 Å². The minimum absolute atomic E-state index is 0.0821. The monoisotopic (exact) mass is 362 g/mol. The molecule has 2 aromatic rings. The maximum Gasteiger partial charge on any atom is 0.418 e. The van der Waals surface area contributed by atoms with Crippen molar-refractivity contribution in [3.63, 3.8) is 0 Å². The van der Waals surface area contributed by atoms with Crippen molar-refractivity contribution in [2.24, 2.45) is 0 Å². The summed E-state index contributed by atoms with van der Waals surface area (Å²) >= 11 is 6.49. The fourth-order valence-corrected chi connectivity index (χ4v) is 2.60. The number of nitrogens with one attached hydrogen (secondary N) is 1. The molecule has 0 saturated heterocycles. The molecule has 0 fully saturated rings. The standard InChI is InChI=1S/C14H10ClF3N2O2S/c15-9-4-5-11(10(7-9)14(16,17)18)19-12(21)8-23-13-3-1-2-6-20(13)22/h1-7H,8H2,(H,19,21). The van der Waals surface area contributed by atoms with Crippen LogP contribution in [-0.4, -0.2) is 11.7 Å². The number of pyridine rings is 1. The van der Waals surface area contributed by atoms with Crippen LogP contribution in [0.5, 0.6) is 0 Å². The molecule has 1 aromatic heterocycles. The van der Waals surface area contributed by atoms with Crippen molar-refractivity contribution in [2.75, 3.05) is 11.1 Å². The molecule has 1 amide bonds. The number of aromatic nitrogens is 1. The van der Waals surface area contributed by atoms with Gasteiger partial charge in [-0.2, -0.15) is 17.9 Å². The van der Waals surface area contributed by atoms with E-state index in [9.17, 15) is 23.2 Å². The number of alkyl halides is 3. The van der Waals surface area contributed by atoms with E-state index in [1.807, 2.05) is 0 Å². The molecule has 2 rings (SSSR count). The first kappa shape index (κ1) is 17.4. The highest BCUT2D eigenvalue weighted by Crippen LogP contribution is 2.36. The number of hydrogen-bond acceptors (Lipinski definition) is 3. The second-order valence-corrected chi connectivity index (χ2v) is 5.82. The minimum atomic E-state index is -4.64. The first-order valence-corrected chi connectivity index (χ1v) is 7.61. The van der Waals surface area contributed by atoms with E-state index in [4.69, 9.17) is 11.6 Å². The third-order valence-corrected chi connectivity index (χ3v) is 3.95. The molecule has 0 aliphatic carbocycles. The van der Waals surface area contributed by atoms with Crippen molar-refractivity contribution in [1.29, 1.82) is 0 Å². The van der Waals surface area contributed by atoms with Crippen LogP contribution in [-0.2, 0) is 11.0 Å². The SMILES string of the molecule is O=C(CSc1cccc[n+]1[O-])Nc1ccc(Cl)cc1C(F)(F)F. The van der Waals surface area contributed by atoms with Crippen LogP contribution in [0.2, 0.25) is 5.02 Å². The molecule has 1 N–H and O–H groups in total. The van der Waals surface area contributed by atoms with Gasteiger partial charge in [0.25, 0.3) is 5.03 Å². The second kappa shape index (κ2) is 7.10. The van der Waals surface area contributed by atoms with Crippen LogP contribution < -0.4 is 10.0 Å². The summed E-state index contributed by atoms with van der Waals surface area (Å²) in [6.07, 6.45) is -3.38. The normalized spacial score (nSPS) is 11.3. The molecule has 0 atom stereocenters. The predicted molar refractivity (Wildman–Crippen MR) is 81.2 cm³/mol. The zero-order valence-electron chi connectivity index (χ0n) is 11.4. The number of thioether (sulfide) groups is 1. The maximum atomic E-state index is 12.9. The van der Waals surface area contributed by atoms with Gasteiger partial charge in [-0.15, -0.1) is 0 Å². The number of nitrogens with zero attached hydrogens (tertiary/aromatic N) is 1. The largest absolute Gasteiger partial charge is 0.618 e. The average molecular weight is 363 g/mol. The number of hydrogen-bond donors (Lipinski definition) is 1. The van der Waals surface area contributed by atoms with Crippen molar-refractivity contribution < 1.29 is 22.7 Å². The van der Waals surface area contributed by atoms with Crippen LogP contribution in [0.3, 0.4) is 0 Å². The van der Waals surface area contributed by atoms with Crippen molar-refractivity contribution in [3.8, 4) is 0 Å². The summed E-state index contributed by atoms with van der Waals surface area (Å²) in [7, 11) is 0. The van der Waals surface area contributed by atoms with Gasteiger partial charge in [0.1, 0.15) is 0 Å². The topological polar surface area (TPSA) is 56.0 Å². The van der Waals surface area contributed by atoms with Crippen LogP contribution in [0.1, 0.15) is 5.56 Å². The lowest BCUT2D eigenvalue weighted by Gasteiger charge is -2.14. The van der Waals surface area contributed by atoms with E-state index < -0.39 is 17.6 Å². The van der Waals surface area contributed by atoms with Crippen LogP contribution in [0.4, 0.5) is 18.9 Å². The Morgan fingerprint density at radius 3 is 2.70 bits per heavy atom. The number of benzene rings is 1. The van der Waals surface area contributed by atoms with Crippen LogP contribution in [0.15, 0.2) is 47.6 Å². The second-order valence-electron chi connectivity index (χ2n) is 4.39. The van der Waals surface area contributed by atoms with Gasteiger partial charge in [-0.25, -0.2) is 0 Å². The number of anilines is 1. The first-order valence-electron chi connectivity index (χ1n) is 6.25. The molecule has 4 nitrogen and oxygen atoms in total. The van der Waals surface area contributed by atoms with Gasteiger partial charge in [0, 0.05) is 17.2 Å². The lowest BCUT2D eigenvalue weighted by atomic mass is 10.1. The number of halogens is 4. The molecular formula is C14H10ClF3N2O2S. The summed E-state index contributed by atoms with van der Waals surface area (Å²) in [4.78, 5) is 11.8. The van der Waals surface area contributed by atoms with Crippen molar-refractivity contribution >= 4 is 35.0 Å². The molecule has 0 spiro atoms. The van der Waals surface area contributed by atoms with Crippen molar-refractivity contribution in [3.05, 3.63) is 58.4 Å². The molecule has 0 aliphatic rings. The molecule has 0 radical (unpaired) electrons. The van der Waals surface area contributed by atoms with Gasteiger partial charge in [-0.05, 0) is 36.0 Å². The summed E-state index contributed by atoms with van der Waals surface area (Å²) in [5.74, 6) is -0.863. The Balaban J connectivity index is 2.08. The zero-order chi connectivity index (χ0) is 17.0. The van der Waals surface area contributed by atoms with E-state index >= 15 is 0 Å². The van der Waals surface area contributed by atoms with Gasteiger partial charge >= 0.3 is 6.18 Å². The van der Waals surface area contributed by atoms with Gasteiger partial charge in [0.05, 0.1) is 17.0 Å². The molecule has 9 heteroatoms. The Morgan fingerprint density at radius 2 is 2.04 bits per heavy atom. The summed E-state index contributed by atoms with van der Waals surface area (Å²) in [6.45, 7) is 0. The lowest BCUT2D eigenvalue weighted by molar-refractivity contribution is -0.645. The number of carbonyl (C=O) groups excluding carboxylic acids is 1. The molecule has 0 aliphatic heterocycles. The Bertz CT molecular complexity index is 725. The Labute approximate surface area is 138 Å². The third-order valence-electron chi connectivity index (χ3n) is 2.70. The van der Waals surface area contributed by atoms with E-state index in [1.165, 1.54) is 24.4 Å². The first-order chi connectivity index (χ1) is 10.8. The third kappa shape index (κ3) is 4.77. The molecule has 122 valence electrons. The molecular weight excluding hydrogens is 353 g/mol. The van der Waals surface area contributed by atoms with Crippen molar-refractivity contribution in [2.45, 2.75) is 11.2 Å². The molecule has 1 heterocycles. The smallest absolute Gasteiger partial charge is 0.418 e. The van der Waals surface area contributed by atoms with Crippen molar-refractivity contribution in [1.82, 2.24) is 0 Å².